The SMILES string of the molecule is COc1ccc(C2CCCN2C(=O)c2ccsc2)cc1OC. The molecule has 2 heterocycles. The number of hydrogen-bond donors (Lipinski definition) is 0. The first-order valence-corrected chi connectivity index (χ1v) is 8.24. The average Bonchev–Trinajstić information content (AvgIpc) is 3.24. The second-order valence-electron chi connectivity index (χ2n) is 5.28. The van der Waals surface area contributed by atoms with Crippen LogP contribution in [0.5, 0.6) is 11.5 Å². The lowest BCUT2D eigenvalue weighted by Crippen LogP contribution is -2.30. The molecule has 0 bridgehead atoms. The molecule has 1 saturated heterocycles. The highest BCUT2D eigenvalue weighted by molar-refractivity contribution is 7.08. The maximum absolute atomic E-state index is 12.6. The van der Waals surface area contributed by atoms with E-state index < -0.39 is 0 Å². The zero-order valence-electron chi connectivity index (χ0n) is 12.7. The average molecular weight is 317 g/mol. The molecule has 0 spiro atoms. The van der Waals surface area contributed by atoms with E-state index in [4.69, 9.17) is 9.47 Å². The molecule has 2 aromatic rings. The lowest BCUT2D eigenvalue weighted by molar-refractivity contribution is 0.0736. The van der Waals surface area contributed by atoms with Crippen molar-refractivity contribution in [3.63, 3.8) is 0 Å². The van der Waals surface area contributed by atoms with Gasteiger partial charge in [0.05, 0.1) is 25.8 Å². The van der Waals surface area contributed by atoms with Gasteiger partial charge in [-0.2, -0.15) is 11.3 Å². The molecular weight excluding hydrogens is 298 g/mol. The highest BCUT2D eigenvalue weighted by atomic mass is 32.1. The Labute approximate surface area is 134 Å². The number of thiophene rings is 1. The number of carbonyl (C=O) groups excluding carboxylic acids is 1. The first kappa shape index (κ1) is 14.9. The predicted molar refractivity (Wildman–Crippen MR) is 86.9 cm³/mol. The monoisotopic (exact) mass is 317 g/mol. The summed E-state index contributed by atoms with van der Waals surface area (Å²) >= 11 is 1.55. The number of likely N-dealkylation sites (tertiary alicyclic amines) is 1. The van der Waals surface area contributed by atoms with Crippen LogP contribution in [0.1, 0.15) is 34.8 Å². The van der Waals surface area contributed by atoms with Crippen LogP contribution in [0.2, 0.25) is 0 Å². The van der Waals surface area contributed by atoms with Crippen LogP contribution < -0.4 is 9.47 Å². The quantitative estimate of drug-likeness (QED) is 0.862. The van der Waals surface area contributed by atoms with Crippen LogP contribution in [0.4, 0.5) is 0 Å². The van der Waals surface area contributed by atoms with Gasteiger partial charge >= 0.3 is 0 Å². The van der Waals surface area contributed by atoms with Gasteiger partial charge in [-0.1, -0.05) is 6.07 Å². The number of nitrogens with zero attached hydrogens (tertiary/aromatic N) is 1. The van der Waals surface area contributed by atoms with Gasteiger partial charge in [-0.05, 0) is 42.0 Å². The van der Waals surface area contributed by atoms with Gasteiger partial charge in [0.1, 0.15) is 0 Å². The van der Waals surface area contributed by atoms with Gasteiger partial charge in [0.15, 0.2) is 11.5 Å². The summed E-state index contributed by atoms with van der Waals surface area (Å²) in [5, 5.41) is 3.85. The van der Waals surface area contributed by atoms with E-state index in [1.54, 1.807) is 25.6 Å². The number of carbonyl (C=O) groups is 1. The number of methoxy groups -OCH3 is 2. The zero-order valence-corrected chi connectivity index (χ0v) is 13.6. The van der Waals surface area contributed by atoms with Crippen molar-refractivity contribution < 1.29 is 14.3 Å². The highest BCUT2D eigenvalue weighted by Crippen LogP contribution is 2.37. The summed E-state index contributed by atoms with van der Waals surface area (Å²) in [4.78, 5) is 14.6. The first-order valence-electron chi connectivity index (χ1n) is 7.29. The number of amides is 1. The Morgan fingerprint density at radius 3 is 2.73 bits per heavy atom. The van der Waals surface area contributed by atoms with E-state index in [1.165, 1.54) is 0 Å². The third-order valence-corrected chi connectivity index (χ3v) is 4.76. The molecule has 1 aromatic heterocycles. The molecule has 1 aromatic carbocycles. The molecule has 22 heavy (non-hydrogen) atoms. The molecule has 1 amide bonds. The third kappa shape index (κ3) is 2.68. The summed E-state index contributed by atoms with van der Waals surface area (Å²) in [5.41, 5.74) is 1.87. The molecule has 1 atom stereocenters. The van der Waals surface area contributed by atoms with Crippen LogP contribution in [0.15, 0.2) is 35.0 Å². The number of hydrogen-bond acceptors (Lipinski definition) is 4. The Morgan fingerprint density at radius 2 is 2.05 bits per heavy atom. The zero-order chi connectivity index (χ0) is 15.5. The summed E-state index contributed by atoms with van der Waals surface area (Å²) in [6, 6.07) is 7.89. The van der Waals surface area contributed by atoms with E-state index in [-0.39, 0.29) is 11.9 Å². The van der Waals surface area contributed by atoms with E-state index in [2.05, 4.69) is 0 Å². The minimum absolute atomic E-state index is 0.104. The molecule has 0 saturated carbocycles. The van der Waals surface area contributed by atoms with E-state index in [1.807, 2.05) is 39.9 Å². The van der Waals surface area contributed by atoms with E-state index in [9.17, 15) is 4.79 Å². The van der Waals surface area contributed by atoms with Crippen LogP contribution >= 0.6 is 11.3 Å². The van der Waals surface area contributed by atoms with Crippen molar-refractivity contribution in [3.05, 3.63) is 46.2 Å². The Bertz CT molecular complexity index is 654. The summed E-state index contributed by atoms with van der Waals surface area (Å²) in [7, 11) is 3.25. The molecule has 4 nitrogen and oxygen atoms in total. The Kier molecular flexibility index (Phi) is 4.34. The van der Waals surface area contributed by atoms with Gasteiger partial charge < -0.3 is 14.4 Å². The summed E-state index contributed by atoms with van der Waals surface area (Å²) in [6.45, 7) is 0.799. The van der Waals surface area contributed by atoms with E-state index >= 15 is 0 Å². The van der Waals surface area contributed by atoms with Crippen LogP contribution in [0, 0.1) is 0 Å². The molecule has 1 aliphatic rings. The summed E-state index contributed by atoms with van der Waals surface area (Å²) in [6.07, 6.45) is 2.00. The fraction of sp³-hybridized carbons (Fsp3) is 0.353. The van der Waals surface area contributed by atoms with E-state index in [0.717, 1.165) is 30.5 Å². The van der Waals surface area contributed by atoms with Gasteiger partial charge in [0.25, 0.3) is 5.91 Å². The minimum Gasteiger partial charge on any atom is -0.493 e. The Hall–Kier alpha value is -2.01. The molecule has 0 aliphatic carbocycles. The van der Waals surface area contributed by atoms with Gasteiger partial charge in [-0.15, -0.1) is 0 Å². The van der Waals surface area contributed by atoms with Crippen LogP contribution in [0.3, 0.4) is 0 Å². The molecule has 3 rings (SSSR count). The first-order chi connectivity index (χ1) is 10.7. The molecule has 116 valence electrons. The number of benzene rings is 1. The molecule has 1 unspecified atom stereocenters. The lowest BCUT2D eigenvalue weighted by atomic mass is 10.0. The second-order valence-corrected chi connectivity index (χ2v) is 6.06. The van der Waals surface area contributed by atoms with Gasteiger partial charge in [0, 0.05) is 11.9 Å². The fourth-order valence-corrected chi connectivity index (χ4v) is 3.60. The van der Waals surface area contributed by atoms with Gasteiger partial charge in [-0.25, -0.2) is 0 Å². The maximum atomic E-state index is 12.6. The second kappa shape index (κ2) is 6.40. The molecule has 5 heteroatoms. The van der Waals surface area contributed by atoms with Crippen molar-refractivity contribution in [1.29, 1.82) is 0 Å². The largest absolute Gasteiger partial charge is 0.493 e. The highest BCUT2D eigenvalue weighted by Gasteiger charge is 2.31. The summed E-state index contributed by atoms with van der Waals surface area (Å²) < 4.78 is 10.7. The molecule has 1 fully saturated rings. The van der Waals surface area contributed by atoms with Crippen molar-refractivity contribution in [2.45, 2.75) is 18.9 Å². The number of rotatable bonds is 4. The van der Waals surface area contributed by atoms with Gasteiger partial charge in [-0.3, -0.25) is 4.79 Å². The molecule has 0 radical (unpaired) electrons. The standard InChI is InChI=1S/C17H19NO3S/c1-20-15-6-5-12(10-16(15)21-2)14-4-3-8-18(14)17(19)13-7-9-22-11-13/h5-7,9-11,14H,3-4,8H2,1-2H3. The molecule has 1 aliphatic heterocycles. The van der Waals surface area contributed by atoms with Crippen LogP contribution in [0.25, 0.3) is 0 Å². The Morgan fingerprint density at radius 1 is 1.23 bits per heavy atom. The smallest absolute Gasteiger partial charge is 0.255 e. The molecular formula is C17H19NO3S. The van der Waals surface area contributed by atoms with Crippen molar-refractivity contribution >= 4 is 17.2 Å². The fourth-order valence-electron chi connectivity index (χ4n) is 2.97. The van der Waals surface area contributed by atoms with E-state index in [0.29, 0.717) is 11.5 Å². The maximum Gasteiger partial charge on any atom is 0.255 e. The molecule has 0 N–H and O–H groups in total. The Balaban J connectivity index is 1.88. The van der Waals surface area contributed by atoms with Gasteiger partial charge in [0.2, 0.25) is 0 Å². The van der Waals surface area contributed by atoms with Crippen molar-refractivity contribution in [2.24, 2.45) is 0 Å². The number of ether oxygens (including phenoxy) is 2. The summed E-state index contributed by atoms with van der Waals surface area (Å²) in [5.74, 6) is 1.52. The topological polar surface area (TPSA) is 38.8 Å². The van der Waals surface area contributed by atoms with Crippen molar-refractivity contribution in [2.75, 3.05) is 20.8 Å². The third-order valence-electron chi connectivity index (χ3n) is 4.07. The van der Waals surface area contributed by atoms with Crippen LogP contribution in [-0.4, -0.2) is 31.6 Å². The normalized spacial score (nSPS) is 17.5. The van der Waals surface area contributed by atoms with Crippen molar-refractivity contribution in [3.8, 4) is 11.5 Å². The van der Waals surface area contributed by atoms with Crippen LogP contribution in [-0.2, 0) is 0 Å². The predicted octanol–water partition coefficient (Wildman–Crippen LogP) is 3.74. The lowest BCUT2D eigenvalue weighted by Gasteiger charge is -2.25. The minimum atomic E-state index is 0.104. The van der Waals surface area contributed by atoms with Crippen molar-refractivity contribution in [1.82, 2.24) is 4.90 Å².